The summed E-state index contributed by atoms with van der Waals surface area (Å²) in [4.78, 5) is 16.6. The van der Waals surface area contributed by atoms with Crippen molar-refractivity contribution >= 4 is 17.6 Å². The van der Waals surface area contributed by atoms with Gasteiger partial charge < -0.3 is 4.74 Å². The summed E-state index contributed by atoms with van der Waals surface area (Å²) in [7, 11) is 1.36. The van der Waals surface area contributed by atoms with Crippen LogP contribution in [0.3, 0.4) is 0 Å². The molecule has 1 aliphatic heterocycles. The first-order chi connectivity index (χ1) is 9.65. The van der Waals surface area contributed by atoms with E-state index in [4.69, 9.17) is 21.9 Å². The third kappa shape index (κ3) is 3.22. The highest BCUT2D eigenvalue weighted by Crippen LogP contribution is 2.26. The van der Waals surface area contributed by atoms with Gasteiger partial charge in [-0.15, -0.1) is 0 Å². The van der Waals surface area contributed by atoms with Crippen LogP contribution in [0.25, 0.3) is 10.4 Å². The number of ether oxygens (including phenoxy) is 1. The van der Waals surface area contributed by atoms with E-state index in [0.717, 1.165) is 5.56 Å². The largest absolute Gasteiger partial charge is 0.468 e. The van der Waals surface area contributed by atoms with Gasteiger partial charge >= 0.3 is 5.97 Å². The van der Waals surface area contributed by atoms with Crippen LogP contribution in [0.5, 0.6) is 0 Å². The van der Waals surface area contributed by atoms with Gasteiger partial charge in [-0.05, 0) is 23.6 Å². The van der Waals surface area contributed by atoms with Crippen LogP contribution in [0.15, 0.2) is 29.4 Å². The summed E-state index contributed by atoms with van der Waals surface area (Å²) in [6, 6.07) is 6.87. The van der Waals surface area contributed by atoms with Crippen molar-refractivity contribution in [2.24, 2.45) is 5.11 Å². The average molecular weight is 295 g/mol. The standard InChI is InChI=1S/C13H15ClN4O2/c1-20-13(19)12-6-10(16-17-15)8-18(12)7-9-4-2-3-5-11(9)14/h2-5,10,12H,6-8H2,1H3/t10-,12-/m0/s1. The lowest BCUT2D eigenvalue weighted by atomic mass is 10.1. The van der Waals surface area contributed by atoms with Gasteiger partial charge in [-0.2, -0.15) is 0 Å². The number of esters is 1. The number of hydrogen-bond donors (Lipinski definition) is 0. The highest BCUT2D eigenvalue weighted by atomic mass is 35.5. The normalized spacial score (nSPS) is 22.3. The van der Waals surface area contributed by atoms with Crippen LogP contribution in [0.1, 0.15) is 12.0 Å². The zero-order chi connectivity index (χ0) is 14.5. The second-order valence-corrected chi connectivity index (χ2v) is 5.06. The number of carbonyl (C=O) groups excluding carboxylic acids is 1. The first-order valence-electron chi connectivity index (χ1n) is 6.25. The quantitative estimate of drug-likeness (QED) is 0.371. The molecule has 1 aromatic rings. The van der Waals surface area contributed by atoms with E-state index in [0.29, 0.717) is 24.5 Å². The summed E-state index contributed by atoms with van der Waals surface area (Å²) in [6.07, 6.45) is 0.473. The molecule has 0 bridgehead atoms. The fourth-order valence-corrected chi connectivity index (χ4v) is 2.63. The van der Waals surface area contributed by atoms with Gasteiger partial charge in [-0.1, -0.05) is 34.9 Å². The monoisotopic (exact) mass is 294 g/mol. The van der Waals surface area contributed by atoms with Crippen LogP contribution in [0, 0.1) is 0 Å². The Morgan fingerprint density at radius 2 is 2.35 bits per heavy atom. The van der Waals surface area contributed by atoms with Crippen molar-refractivity contribution in [2.75, 3.05) is 13.7 Å². The smallest absolute Gasteiger partial charge is 0.323 e. The maximum Gasteiger partial charge on any atom is 0.323 e. The Hall–Kier alpha value is -1.75. The number of likely N-dealkylation sites (tertiary alicyclic amines) is 1. The molecule has 0 aliphatic carbocycles. The van der Waals surface area contributed by atoms with Crippen molar-refractivity contribution in [3.05, 3.63) is 45.3 Å². The fourth-order valence-electron chi connectivity index (χ4n) is 2.44. The number of carbonyl (C=O) groups is 1. The molecular weight excluding hydrogens is 280 g/mol. The van der Waals surface area contributed by atoms with Crippen molar-refractivity contribution in [1.82, 2.24) is 4.90 Å². The molecule has 20 heavy (non-hydrogen) atoms. The van der Waals surface area contributed by atoms with E-state index < -0.39 is 6.04 Å². The zero-order valence-corrected chi connectivity index (χ0v) is 11.8. The van der Waals surface area contributed by atoms with Gasteiger partial charge in [-0.25, -0.2) is 0 Å². The first kappa shape index (κ1) is 14.7. The van der Waals surface area contributed by atoms with E-state index in [1.54, 1.807) is 0 Å². The molecule has 0 unspecified atom stereocenters. The zero-order valence-electron chi connectivity index (χ0n) is 11.1. The minimum Gasteiger partial charge on any atom is -0.468 e. The topological polar surface area (TPSA) is 78.3 Å². The van der Waals surface area contributed by atoms with Crippen LogP contribution < -0.4 is 0 Å². The predicted molar refractivity (Wildman–Crippen MR) is 75.2 cm³/mol. The number of methoxy groups -OCH3 is 1. The highest BCUT2D eigenvalue weighted by molar-refractivity contribution is 6.31. The Morgan fingerprint density at radius 1 is 1.60 bits per heavy atom. The maximum atomic E-state index is 11.8. The average Bonchev–Trinajstić information content (AvgIpc) is 2.84. The van der Waals surface area contributed by atoms with Gasteiger partial charge in [0.2, 0.25) is 0 Å². The van der Waals surface area contributed by atoms with E-state index >= 15 is 0 Å². The van der Waals surface area contributed by atoms with Gasteiger partial charge in [0, 0.05) is 23.0 Å². The molecule has 1 aliphatic rings. The second kappa shape index (κ2) is 6.61. The summed E-state index contributed by atoms with van der Waals surface area (Å²) in [5.41, 5.74) is 9.47. The summed E-state index contributed by atoms with van der Waals surface area (Å²) >= 11 is 6.14. The first-order valence-corrected chi connectivity index (χ1v) is 6.63. The molecule has 2 rings (SSSR count). The van der Waals surface area contributed by atoms with E-state index in [1.807, 2.05) is 29.2 Å². The SMILES string of the molecule is COC(=O)[C@@H]1C[C@H](N=[N+]=[N-])CN1Cc1ccccc1Cl. The lowest BCUT2D eigenvalue weighted by molar-refractivity contribution is -0.146. The summed E-state index contributed by atoms with van der Waals surface area (Å²) in [6.45, 7) is 1.05. The molecule has 2 atom stereocenters. The number of benzene rings is 1. The van der Waals surface area contributed by atoms with Crippen LogP contribution in [-0.4, -0.2) is 36.6 Å². The number of nitrogens with zero attached hydrogens (tertiary/aromatic N) is 4. The second-order valence-electron chi connectivity index (χ2n) is 4.65. The molecule has 0 radical (unpaired) electrons. The lowest BCUT2D eigenvalue weighted by Gasteiger charge is -2.22. The minimum atomic E-state index is -0.397. The van der Waals surface area contributed by atoms with Gasteiger partial charge in [0.25, 0.3) is 0 Å². The van der Waals surface area contributed by atoms with Crippen LogP contribution in [0.2, 0.25) is 5.02 Å². The molecule has 6 nitrogen and oxygen atoms in total. The molecule has 0 N–H and O–H groups in total. The van der Waals surface area contributed by atoms with Crippen molar-refractivity contribution in [3.63, 3.8) is 0 Å². The molecule has 1 aromatic carbocycles. The molecule has 1 saturated heterocycles. The van der Waals surface area contributed by atoms with Crippen molar-refractivity contribution in [3.8, 4) is 0 Å². The van der Waals surface area contributed by atoms with Gasteiger partial charge in [-0.3, -0.25) is 9.69 Å². The van der Waals surface area contributed by atoms with Gasteiger partial charge in [0.1, 0.15) is 6.04 Å². The molecule has 1 fully saturated rings. The van der Waals surface area contributed by atoms with Gasteiger partial charge in [0.15, 0.2) is 0 Å². The molecule has 1 heterocycles. The molecule has 0 saturated carbocycles. The third-order valence-corrected chi connectivity index (χ3v) is 3.77. The van der Waals surface area contributed by atoms with Crippen LogP contribution >= 0.6 is 11.6 Å². The number of halogens is 1. The molecule has 0 aromatic heterocycles. The number of hydrogen-bond acceptors (Lipinski definition) is 4. The highest BCUT2D eigenvalue weighted by Gasteiger charge is 2.37. The Balaban J connectivity index is 2.17. The molecule has 0 amide bonds. The van der Waals surface area contributed by atoms with E-state index in [1.165, 1.54) is 7.11 Å². The number of rotatable bonds is 4. The number of azide groups is 1. The third-order valence-electron chi connectivity index (χ3n) is 3.40. The van der Waals surface area contributed by atoms with E-state index in [2.05, 4.69) is 10.0 Å². The summed E-state index contributed by atoms with van der Waals surface area (Å²) in [5, 5.41) is 4.36. The lowest BCUT2D eigenvalue weighted by Crippen LogP contribution is -2.36. The van der Waals surface area contributed by atoms with E-state index in [-0.39, 0.29) is 12.0 Å². The van der Waals surface area contributed by atoms with Crippen molar-refractivity contribution in [2.45, 2.75) is 25.0 Å². The Kier molecular flexibility index (Phi) is 4.84. The summed E-state index contributed by atoms with van der Waals surface area (Å²) in [5.74, 6) is -0.312. The molecular formula is C13H15ClN4O2. The van der Waals surface area contributed by atoms with Crippen molar-refractivity contribution in [1.29, 1.82) is 0 Å². The predicted octanol–water partition coefficient (Wildman–Crippen LogP) is 2.77. The molecule has 106 valence electrons. The van der Waals surface area contributed by atoms with Crippen molar-refractivity contribution < 1.29 is 9.53 Å². The minimum absolute atomic E-state index is 0.216. The molecule has 0 spiro atoms. The van der Waals surface area contributed by atoms with Gasteiger partial charge in [0.05, 0.1) is 13.2 Å². The van der Waals surface area contributed by atoms with E-state index in [9.17, 15) is 4.79 Å². The summed E-state index contributed by atoms with van der Waals surface area (Å²) < 4.78 is 4.81. The Morgan fingerprint density at radius 3 is 3.00 bits per heavy atom. The Labute approximate surface area is 121 Å². The Bertz CT molecular complexity index is 545. The van der Waals surface area contributed by atoms with Crippen LogP contribution in [-0.2, 0) is 16.1 Å². The fraction of sp³-hybridized carbons (Fsp3) is 0.462. The van der Waals surface area contributed by atoms with Crippen LogP contribution in [0.4, 0.5) is 0 Å². The molecule has 7 heteroatoms. The maximum absolute atomic E-state index is 11.8.